The number of hydrogen-bond acceptors (Lipinski definition) is 3. The topological polar surface area (TPSA) is 32.8 Å². The Hall–Kier alpha value is -1.55. The summed E-state index contributed by atoms with van der Waals surface area (Å²) in [6.07, 6.45) is 13.5. The van der Waals surface area contributed by atoms with E-state index >= 15 is 0 Å². The van der Waals surface area contributed by atoms with E-state index in [9.17, 15) is 4.79 Å². The Morgan fingerprint density at radius 3 is 1.93 bits per heavy atom. The number of amides is 1. The summed E-state index contributed by atoms with van der Waals surface area (Å²) in [4.78, 5) is 15.8. The molecule has 4 heteroatoms. The van der Waals surface area contributed by atoms with Crippen molar-refractivity contribution in [2.45, 2.75) is 84.6 Å². The molecular formula is C25H42N2O2. The molecule has 0 aromatic heterocycles. The lowest BCUT2D eigenvalue weighted by atomic mass is 10.1. The molecule has 1 aromatic rings. The van der Waals surface area contributed by atoms with Crippen molar-refractivity contribution in [1.82, 2.24) is 9.80 Å². The molecule has 0 bridgehead atoms. The average molecular weight is 403 g/mol. The number of rotatable bonds is 14. The van der Waals surface area contributed by atoms with Gasteiger partial charge in [-0.05, 0) is 24.1 Å². The van der Waals surface area contributed by atoms with Crippen LogP contribution in [0.1, 0.15) is 83.6 Å². The summed E-state index contributed by atoms with van der Waals surface area (Å²) in [5, 5.41) is 0. The van der Waals surface area contributed by atoms with Gasteiger partial charge >= 0.3 is 0 Å². The maximum atomic E-state index is 11.4. The molecule has 1 heterocycles. The molecule has 164 valence electrons. The maximum absolute atomic E-state index is 11.4. The van der Waals surface area contributed by atoms with Crippen molar-refractivity contribution in [2.24, 2.45) is 0 Å². The van der Waals surface area contributed by atoms with Crippen LogP contribution in [0.2, 0.25) is 0 Å². The van der Waals surface area contributed by atoms with Crippen molar-refractivity contribution in [3.05, 3.63) is 29.8 Å². The van der Waals surface area contributed by atoms with Gasteiger partial charge < -0.3 is 9.64 Å². The minimum absolute atomic E-state index is 0.188. The Kier molecular flexibility index (Phi) is 11.8. The van der Waals surface area contributed by atoms with Gasteiger partial charge in [0.25, 0.3) is 0 Å². The van der Waals surface area contributed by atoms with Crippen LogP contribution in [0.25, 0.3) is 0 Å². The molecule has 1 aromatic carbocycles. The fraction of sp³-hybridized carbons (Fsp3) is 0.720. The summed E-state index contributed by atoms with van der Waals surface area (Å²) in [7, 11) is 0. The molecule has 29 heavy (non-hydrogen) atoms. The van der Waals surface area contributed by atoms with Gasteiger partial charge in [0.05, 0.1) is 6.61 Å². The van der Waals surface area contributed by atoms with Crippen molar-refractivity contribution in [2.75, 3.05) is 32.8 Å². The van der Waals surface area contributed by atoms with Gasteiger partial charge in [0.2, 0.25) is 5.91 Å². The quantitative estimate of drug-likeness (QED) is 0.377. The molecule has 1 amide bonds. The predicted molar refractivity (Wildman–Crippen MR) is 121 cm³/mol. The summed E-state index contributed by atoms with van der Waals surface area (Å²) in [5.74, 6) is 1.17. The number of ether oxygens (including phenoxy) is 1. The van der Waals surface area contributed by atoms with E-state index in [-0.39, 0.29) is 5.91 Å². The van der Waals surface area contributed by atoms with Crippen LogP contribution in [-0.4, -0.2) is 48.5 Å². The summed E-state index contributed by atoms with van der Waals surface area (Å²) in [6, 6.07) is 8.53. The largest absolute Gasteiger partial charge is 0.494 e. The molecule has 4 nitrogen and oxygen atoms in total. The first kappa shape index (κ1) is 23.7. The lowest BCUT2D eigenvalue weighted by molar-refractivity contribution is -0.130. The van der Waals surface area contributed by atoms with Crippen LogP contribution in [0.3, 0.4) is 0 Å². The number of carbonyl (C=O) groups is 1. The van der Waals surface area contributed by atoms with Gasteiger partial charge in [0.15, 0.2) is 0 Å². The number of benzene rings is 1. The Labute approximate surface area is 178 Å². The normalized spacial score (nSPS) is 14.9. The zero-order valence-corrected chi connectivity index (χ0v) is 18.8. The Bertz CT molecular complexity index is 550. The van der Waals surface area contributed by atoms with Gasteiger partial charge in [-0.15, -0.1) is 0 Å². The van der Waals surface area contributed by atoms with Crippen molar-refractivity contribution in [3.8, 4) is 5.75 Å². The van der Waals surface area contributed by atoms with Crippen LogP contribution in [0.4, 0.5) is 0 Å². The van der Waals surface area contributed by atoms with Gasteiger partial charge in [0.1, 0.15) is 5.75 Å². The SMILES string of the molecule is CCCCCCCCCCCCOc1ccc(CN2CCN(C(C)=O)CC2)cc1. The minimum atomic E-state index is 0.188. The van der Waals surface area contributed by atoms with E-state index in [0.717, 1.165) is 51.5 Å². The van der Waals surface area contributed by atoms with Crippen molar-refractivity contribution >= 4 is 5.91 Å². The van der Waals surface area contributed by atoms with Crippen LogP contribution in [0, 0.1) is 0 Å². The van der Waals surface area contributed by atoms with Crippen molar-refractivity contribution in [1.29, 1.82) is 0 Å². The molecular weight excluding hydrogens is 360 g/mol. The molecule has 0 aliphatic carbocycles. The van der Waals surface area contributed by atoms with Crippen molar-refractivity contribution < 1.29 is 9.53 Å². The van der Waals surface area contributed by atoms with Crippen LogP contribution in [-0.2, 0) is 11.3 Å². The van der Waals surface area contributed by atoms with E-state index in [0.29, 0.717) is 0 Å². The highest BCUT2D eigenvalue weighted by molar-refractivity contribution is 5.73. The van der Waals surface area contributed by atoms with E-state index in [1.54, 1.807) is 6.92 Å². The lowest BCUT2D eigenvalue weighted by Gasteiger charge is -2.34. The molecule has 0 radical (unpaired) electrons. The van der Waals surface area contributed by atoms with Gasteiger partial charge in [-0.1, -0.05) is 76.8 Å². The predicted octanol–water partition coefficient (Wildman–Crippen LogP) is 5.65. The van der Waals surface area contributed by atoms with Crippen LogP contribution in [0.5, 0.6) is 5.75 Å². The molecule has 1 aliphatic heterocycles. The highest BCUT2D eigenvalue weighted by Gasteiger charge is 2.18. The van der Waals surface area contributed by atoms with Gasteiger partial charge in [-0.25, -0.2) is 0 Å². The number of unbranched alkanes of at least 4 members (excludes halogenated alkanes) is 9. The van der Waals surface area contributed by atoms with E-state index in [2.05, 4.69) is 36.1 Å². The van der Waals surface area contributed by atoms with E-state index < -0.39 is 0 Å². The number of piperazine rings is 1. The molecule has 1 saturated heterocycles. The third kappa shape index (κ3) is 10.2. The molecule has 2 rings (SSSR count). The van der Waals surface area contributed by atoms with E-state index in [4.69, 9.17) is 4.74 Å². The molecule has 1 fully saturated rings. The van der Waals surface area contributed by atoms with Crippen LogP contribution in [0.15, 0.2) is 24.3 Å². The van der Waals surface area contributed by atoms with Gasteiger partial charge in [-0.2, -0.15) is 0 Å². The standard InChI is InChI=1S/C25H42N2O2/c1-3-4-5-6-7-8-9-10-11-12-21-29-25-15-13-24(14-16-25)22-26-17-19-27(20-18-26)23(2)28/h13-16H,3-12,17-22H2,1-2H3. The molecule has 0 atom stereocenters. The second-order valence-electron chi connectivity index (χ2n) is 8.46. The first-order valence-corrected chi connectivity index (χ1v) is 11.9. The monoisotopic (exact) mass is 402 g/mol. The van der Waals surface area contributed by atoms with Gasteiger partial charge in [0, 0.05) is 39.6 Å². The van der Waals surface area contributed by atoms with Gasteiger partial charge in [-0.3, -0.25) is 9.69 Å². The van der Waals surface area contributed by atoms with E-state index in [1.165, 1.54) is 63.4 Å². The first-order chi connectivity index (χ1) is 14.2. The fourth-order valence-corrected chi connectivity index (χ4v) is 3.95. The summed E-state index contributed by atoms with van der Waals surface area (Å²) in [5.41, 5.74) is 1.31. The molecule has 0 saturated carbocycles. The fourth-order valence-electron chi connectivity index (χ4n) is 3.95. The third-order valence-corrected chi connectivity index (χ3v) is 5.91. The van der Waals surface area contributed by atoms with Crippen LogP contribution >= 0.6 is 0 Å². The summed E-state index contributed by atoms with van der Waals surface area (Å²) >= 11 is 0. The zero-order chi connectivity index (χ0) is 20.7. The highest BCUT2D eigenvalue weighted by atomic mass is 16.5. The Morgan fingerprint density at radius 1 is 0.828 bits per heavy atom. The van der Waals surface area contributed by atoms with E-state index in [1.807, 2.05) is 4.90 Å². The second-order valence-corrected chi connectivity index (χ2v) is 8.46. The molecule has 0 spiro atoms. The molecule has 1 aliphatic rings. The maximum Gasteiger partial charge on any atom is 0.219 e. The number of carbonyl (C=O) groups excluding carboxylic acids is 1. The molecule has 0 unspecified atom stereocenters. The first-order valence-electron chi connectivity index (χ1n) is 11.9. The smallest absolute Gasteiger partial charge is 0.219 e. The highest BCUT2D eigenvalue weighted by Crippen LogP contribution is 2.16. The Morgan fingerprint density at radius 2 is 1.38 bits per heavy atom. The number of hydrogen-bond donors (Lipinski definition) is 0. The third-order valence-electron chi connectivity index (χ3n) is 5.91. The minimum Gasteiger partial charge on any atom is -0.494 e. The lowest BCUT2D eigenvalue weighted by Crippen LogP contribution is -2.47. The van der Waals surface area contributed by atoms with Crippen molar-refractivity contribution in [3.63, 3.8) is 0 Å². The zero-order valence-electron chi connectivity index (χ0n) is 18.8. The second kappa shape index (κ2) is 14.4. The van der Waals surface area contributed by atoms with Crippen LogP contribution < -0.4 is 4.74 Å². The molecule has 0 N–H and O–H groups in total. The Balaban J connectivity index is 1.49. The summed E-state index contributed by atoms with van der Waals surface area (Å²) in [6.45, 7) is 9.30. The number of nitrogens with zero attached hydrogens (tertiary/aromatic N) is 2. The summed E-state index contributed by atoms with van der Waals surface area (Å²) < 4.78 is 5.91. The average Bonchev–Trinajstić information content (AvgIpc) is 2.73.